The molecule has 0 N–H and O–H groups in total. The molecule has 17 heavy (non-hydrogen) atoms. The van der Waals surface area contributed by atoms with E-state index in [0.717, 1.165) is 0 Å². The molecular weight excluding hydrogens is 220 g/mol. The van der Waals surface area contributed by atoms with Crippen LogP contribution in [-0.4, -0.2) is 24.1 Å². The minimum atomic E-state index is -0.630. The molecule has 0 radical (unpaired) electrons. The SMILES string of the molecule is CC1(C)CCOC(=O)c2ccccc2C(=O)O1. The molecule has 90 valence electrons. The number of carbonyl (C=O) groups excluding carboxylic acids is 2. The van der Waals surface area contributed by atoms with Gasteiger partial charge in [0.05, 0.1) is 17.7 Å². The van der Waals surface area contributed by atoms with E-state index in [1.165, 1.54) is 0 Å². The van der Waals surface area contributed by atoms with Crippen molar-refractivity contribution < 1.29 is 19.1 Å². The topological polar surface area (TPSA) is 52.6 Å². The van der Waals surface area contributed by atoms with Crippen LogP contribution in [0, 0.1) is 0 Å². The number of carbonyl (C=O) groups is 2. The number of benzene rings is 1. The van der Waals surface area contributed by atoms with Crippen LogP contribution in [0.5, 0.6) is 0 Å². The van der Waals surface area contributed by atoms with Crippen molar-refractivity contribution in [2.45, 2.75) is 25.9 Å². The molecule has 0 saturated carbocycles. The van der Waals surface area contributed by atoms with Gasteiger partial charge in [-0.05, 0) is 26.0 Å². The second-order valence-corrected chi connectivity index (χ2v) is 4.58. The van der Waals surface area contributed by atoms with Crippen LogP contribution in [0.2, 0.25) is 0 Å². The zero-order chi connectivity index (χ0) is 12.5. The Morgan fingerprint density at radius 2 is 1.65 bits per heavy atom. The van der Waals surface area contributed by atoms with Crippen LogP contribution in [0.15, 0.2) is 24.3 Å². The maximum Gasteiger partial charge on any atom is 0.339 e. The summed E-state index contributed by atoms with van der Waals surface area (Å²) in [5.74, 6) is -0.959. The molecule has 1 aromatic rings. The van der Waals surface area contributed by atoms with E-state index in [-0.39, 0.29) is 17.7 Å². The Kier molecular flexibility index (Phi) is 2.88. The van der Waals surface area contributed by atoms with Gasteiger partial charge in [0.1, 0.15) is 5.60 Å². The maximum atomic E-state index is 11.9. The van der Waals surface area contributed by atoms with Crippen molar-refractivity contribution in [2.75, 3.05) is 6.61 Å². The monoisotopic (exact) mass is 234 g/mol. The molecule has 0 amide bonds. The molecule has 0 spiro atoms. The second kappa shape index (κ2) is 4.20. The summed E-state index contributed by atoms with van der Waals surface area (Å²) in [4.78, 5) is 23.7. The number of ether oxygens (including phenoxy) is 2. The van der Waals surface area contributed by atoms with Gasteiger partial charge in [0, 0.05) is 6.42 Å². The van der Waals surface area contributed by atoms with Crippen LogP contribution in [0.1, 0.15) is 41.0 Å². The van der Waals surface area contributed by atoms with Crippen molar-refractivity contribution in [2.24, 2.45) is 0 Å². The Bertz CT molecular complexity index is 462. The maximum absolute atomic E-state index is 11.9. The normalized spacial score (nSPS) is 19.2. The summed E-state index contributed by atoms with van der Waals surface area (Å²) in [7, 11) is 0. The number of hydrogen-bond acceptors (Lipinski definition) is 4. The van der Waals surface area contributed by atoms with E-state index in [1.54, 1.807) is 38.1 Å². The van der Waals surface area contributed by atoms with Gasteiger partial charge in [0.15, 0.2) is 0 Å². The van der Waals surface area contributed by atoms with E-state index < -0.39 is 17.5 Å². The Hall–Kier alpha value is -1.84. The second-order valence-electron chi connectivity index (χ2n) is 4.58. The summed E-state index contributed by atoms with van der Waals surface area (Å²) in [5, 5.41) is 0. The predicted octanol–water partition coefficient (Wildman–Crippen LogP) is 2.18. The van der Waals surface area contributed by atoms with Crippen LogP contribution < -0.4 is 0 Å². The Morgan fingerprint density at radius 1 is 1.06 bits per heavy atom. The first-order valence-corrected chi connectivity index (χ1v) is 5.49. The summed E-state index contributed by atoms with van der Waals surface area (Å²) >= 11 is 0. The van der Waals surface area contributed by atoms with Gasteiger partial charge in [-0.25, -0.2) is 9.59 Å². The van der Waals surface area contributed by atoms with E-state index in [2.05, 4.69) is 0 Å². The molecule has 2 rings (SSSR count). The molecule has 0 bridgehead atoms. The third-order valence-corrected chi connectivity index (χ3v) is 2.67. The molecule has 0 aromatic heterocycles. The van der Waals surface area contributed by atoms with E-state index in [4.69, 9.17) is 9.47 Å². The first-order valence-electron chi connectivity index (χ1n) is 5.49. The molecule has 4 heteroatoms. The van der Waals surface area contributed by atoms with Crippen LogP contribution >= 0.6 is 0 Å². The highest BCUT2D eigenvalue weighted by molar-refractivity contribution is 6.03. The molecule has 1 heterocycles. The summed E-state index contributed by atoms with van der Waals surface area (Å²) in [6.07, 6.45) is 0.485. The van der Waals surface area contributed by atoms with Crippen LogP contribution in [-0.2, 0) is 9.47 Å². The van der Waals surface area contributed by atoms with E-state index in [1.807, 2.05) is 0 Å². The fourth-order valence-corrected chi connectivity index (χ4v) is 1.66. The average molecular weight is 234 g/mol. The Balaban J connectivity index is 2.45. The lowest BCUT2D eigenvalue weighted by Gasteiger charge is -2.23. The molecule has 1 aliphatic heterocycles. The van der Waals surface area contributed by atoms with Gasteiger partial charge in [-0.2, -0.15) is 0 Å². The summed E-state index contributed by atoms with van der Waals surface area (Å²) in [5.41, 5.74) is -0.114. The number of fused-ring (bicyclic) bond motifs is 1. The smallest absolute Gasteiger partial charge is 0.339 e. The van der Waals surface area contributed by atoms with E-state index in [0.29, 0.717) is 6.42 Å². The van der Waals surface area contributed by atoms with E-state index >= 15 is 0 Å². The van der Waals surface area contributed by atoms with Gasteiger partial charge >= 0.3 is 11.9 Å². The van der Waals surface area contributed by atoms with Gasteiger partial charge in [0.2, 0.25) is 0 Å². The fraction of sp³-hybridized carbons (Fsp3) is 0.385. The van der Waals surface area contributed by atoms with Gasteiger partial charge in [-0.15, -0.1) is 0 Å². The highest BCUT2D eigenvalue weighted by atomic mass is 16.6. The molecule has 0 unspecified atom stereocenters. The predicted molar refractivity (Wildman–Crippen MR) is 60.8 cm³/mol. The molecule has 0 aliphatic carbocycles. The minimum absolute atomic E-state index is 0.243. The zero-order valence-electron chi connectivity index (χ0n) is 9.86. The van der Waals surface area contributed by atoms with Crippen LogP contribution in [0.3, 0.4) is 0 Å². The van der Waals surface area contributed by atoms with Crippen LogP contribution in [0.25, 0.3) is 0 Å². The van der Waals surface area contributed by atoms with Gasteiger partial charge in [-0.3, -0.25) is 0 Å². The molecule has 0 fully saturated rings. The standard InChI is InChI=1S/C13H14O4/c1-13(2)7-8-16-11(14)9-5-3-4-6-10(9)12(15)17-13/h3-6H,7-8H2,1-2H3. The lowest BCUT2D eigenvalue weighted by Crippen LogP contribution is -2.29. The lowest BCUT2D eigenvalue weighted by molar-refractivity contribution is -0.0119. The number of hydrogen-bond donors (Lipinski definition) is 0. The quantitative estimate of drug-likeness (QED) is 0.646. The Labute approximate surface area is 99.5 Å². The van der Waals surface area contributed by atoms with Crippen molar-refractivity contribution in [3.63, 3.8) is 0 Å². The molecule has 1 aliphatic rings. The van der Waals surface area contributed by atoms with Crippen molar-refractivity contribution in [1.29, 1.82) is 0 Å². The van der Waals surface area contributed by atoms with Crippen molar-refractivity contribution in [3.8, 4) is 0 Å². The number of cyclic esters (lactones) is 2. The summed E-state index contributed by atoms with van der Waals surface area (Å²) in [6, 6.07) is 6.52. The fourth-order valence-electron chi connectivity index (χ4n) is 1.66. The number of rotatable bonds is 0. The van der Waals surface area contributed by atoms with Gasteiger partial charge in [0.25, 0.3) is 0 Å². The minimum Gasteiger partial charge on any atom is -0.462 e. The third kappa shape index (κ3) is 2.46. The Morgan fingerprint density at radius 3 is 2.29 bits per heavy atom. The van der Waals surface area contributed by atoms with Crippen molar-refractivity contribution in [1.82, 2.24) is 0 Å². The molecular formula is C13H14O4. The highest BCUT2D eigenvalue weighted by Crippen LogP contribution is 2.22. The molecule has 0 saturated heterocycles. The van der Waals surface area contributed by atoms with Crippen molar-refractivity contribution >= 4 is 11.9 Å². The van der Waals surface area contributed by atoms with Crippen LogP contribution in [0.4, 0.5) is 0 Å². The zero-order valence-corrected chi connectivity index (χ0v) is 9.86. The first kappa shape index (κ1) is 11.6. The summed E-state index contributed by atoms with van der Waals surface area (Å²) < 4.78 is 10.5. The van der Waals surface area contributed by atoms with Gasteiger partial charge in [-0.1, -0.05) is 12.1 Å². The highest BCUT2D eigenvalue weighted by Gasteiger charge is 2.29. The first-order chi connectivity index (χ1) is 7.99. The number of esters is 2. The molecule has 1 aromatic carbocycles. The average Bonchev–Trinajstić information content (AvgIpc) is 2.30. The lowest BCUT2D eigenvalue weighted by atomic mass is 10.1. The van der Waals surface area contributed by atoms with E-state index in [9.17, 15) is 9.59 Å². The molecule has 0 atom stereocenters. The largest absolute Gasteiger partial charge is 0.462 e. The third-order valence-electron chi connectivity index (χ3n) is 2.67. The van der Waals surface area contributed by atoms with Crippen molar-refractivity contribution in [3.05, 3.63) is 35.4 Å². The molecule has 4 nitrogen and oxygen atoms in total. The van der Waals surface area contributed by atoms with Gasteiger partial charge < -0.3 is 9.47 Å². The summed E-state index contributed by atoms with van der Waals surface area (Å²) in [6.45, 7) is 3.84.